The predicted molar refractivity (Wildman–Crippen MR) is 77.2 cm³/mol. The van der Waals surface area contributed by atoms with E-state index >= 15 is 0 Å². The normalized spacial score (nSPS) is 12.4. The number of aryl methyl sites for hydroxylation is 1. The van der Waals surface area contributed by atoms with E-state index in [0.29, 0.717) is 5.75 Å². The molecule has 19 heavy (non-hydrogen) atoms. The second-order valence-corrected chi connectivity index (χ2v) is 5.22. The van der Waals surface area contributed by atoms with Crippen LogP contribution in [0, 0.1) is 6.92 Å². The second kappa shape index (κ2) is 6.57. The molecule has 106 valence electrons. The number of amides is 1. The molecule has 0 aliphatic heterocycles. The van der Waals surface area contributed by atoms with E-state index in [-0.39, 0.29) is 24.6 Å². The van der Waals surface area contributed by atoms with Crippen LogP contribution in [-0.2, 0) is 4.79 Å². The van der Waals surface area contributed by atoms with E-state index in [4.69, 9.17) is 10.5 Å². The van der Waals surface area contributed by atoms with Crippen molar-refractivity contribution in [3.05, 3.63) is 29.3 Å². The van der Waals surface area contributed by atoms with Crippen LogP contribution in [-0.4, -0.2) is 30.5 Å². The Morgan fingerprint density at radius 1 is 1.37 bits per heavy atom. The molecule has 0 aliphatic carbocycles. The molecule has 0 unspecified atom stereocenters. The van der Waals surface area contributed by atoms with Crippen molar-refractivity contribution in [1.29, 1.82) is 0 Å². The maximum absolute atomic E-state index is 11.9. The van der Waals surface area contributed by atoms with Crippen LogP contribution in [0.4, 0.5) is 0 Å². The summed E-state index contributed by atoms with van der Waals surface area (Å²) >= 11 is 0. The highest BCUT2D eigenvalue weighted by atomic mass is 16.5. The Bertz CT molecular complexity index is 442. The Hall–Kier alpha value is -1.55. The molecule has 0 bridgehead atoms. The molecule has 2 N–H and O–H groups in total. The zero-order valence-electron chi connectivity index (χ0n) is 12.4. The Kier molecular flexibility index (Phi) is 5.36. The van der Waals surface area contributed by atoms with Crippen LogP contribution >= 0.6 is 0 Å². The standard InChI is InChI=1S/C15H24N2O2/c1-10(2)17(5)15(18)9-19-14-8-11(3)6-7-13(14)12(4)16/h6-8,10,12H,9,16H2,1-5H3/t12-/m1/s1. The molecule has 4 heteroatoms. The van der Waals surface area contributed by atoms with E-state index in [9.17, 15) is 4.79 Å². The molecule has 1 rings (SSSR count). The maximum atomic E-state index is 11.9. The molecule has 0 saturated heterocycles. The minimum atomic E-state index is -0.117. The summed E-state index contributed by atoms with van der Waals surface area (Å²) in [4.78, 5) is 13.6. The first-order chi connectivity index (χ1) is 8.82. The smallest absolute Gasteiger partial charge is 0.260 e. The fourth-order valence-corrected chi connectivity index (χ4v) is 1.67. The first-order valence-corrected chi connectivity index (χ1v) is 6.57. The van der Waals surface area contributed by atoms with Crippen molar-refractivity contribution in [2.45, 2.75) is 39.8 Å². The van der Waals surface area contributed by atoms with Gasteiger partial charge in [0.1, 0.15) is 5.75 Å². The van der Waals surface area contributed by atoms with Crippen LogP contribution in [0.15, 0.2) is 18.2 Å². The summed E-state index contributed by atoms with van der Waals surface area (Å²) in [6, 6.07) is 5.91. The Morgan fingerprint density at radius 2 is 2.00 bits per heavy atom. The van der Waals surface area contributed by atoms with Gasteiger partial charge < -0.3 is 15.4 Å². The van der Waals surface area contributed by atoms with E-state index in [1.807, 2.05) is 45.9 Å². The molecule has 0 aromatic heterocycles. The quantitative estimate of drug-likeness (QED) is 0.887. The number of nitrogens with two attached hydrogens (primary N) is 1. The lowest BCUT2D eigenvalue weighted by Crippen LogP contribution is -2.36. The Labute approximate surface area is 115 Å². The van der Waals surface area contributed by atoms with Gasteiger partial charge in [-0.25, -0.2) is 0 Å². The van der Waals surface area contributed by atoms with Gasteiger partial charge in [-0.15, -0.1) is 0 Å². The van der Waals surface area contributed by atoms with Gasteiger partial charge in [0.15, 0.2) is 6.61 Å². The number of likely N-dealkylation sites (N-methyl/N-ethyl adjacent to an activating group) is 1. The van der Waals surface area contributed by atoms with Crippen LogP contribution in [0.2, 0.25) is 0 Å². The number of rotatable bonds is 5. The molecule has 1 aromatic carbocycles. The average Bonchev–Trinajstić information content (AvgIpc) is 2.34. The third-order valence-electron chi connectivity index (χ3n) is 3.18. The zero-order chi connectivity index (χ0) is 14.6. The summed E-state index contributed by atoms with van der Waals surface area (Å²) in [6.45, 7) is 7.87. The molecule has 0 fully saturated rings. The maximum Gasteiger partial charge on any atom is 0.260 e. The molecule has 0 saturated carbocycles. The van der Waals surface area contributed by atoms with Gasteiger partial charge >= 0.3 is 0 Å². The van der Waals surface area contributed by atoms with Crippen molar-refractivity contribution in [3.63, 3.8) is 0 Å². The third-order valence-corrected chi connectivity index (χ3v) is 3.18. The molecular weight excluding hydrogens is 240 g/mol. The van der Waals surface area contributed by atoms with Crippen LogP contribution in [0.3, 0.4) is 0 Å². The van der Waals surface area contributed by atoms with Gasteiger partial charge in [0.25, 0.3) is 5.91 Å². The van der Waals surface area contributed by atoms with E-state index < -0.39 is 0 Å². The van der Waals surface area contributed by atoms with E-state index in [0.717, 1.165) is 11.1 Å². The SMILES string of the molecule is Cc1ccc([C@@H](C)N)c(OCC(=O)N(C)C(C)C)c1. The lowest BCUT2D eigenvalue weighted by molar-refractivity contribution is -0.133. The number of carbonyl (C=O) groups excluding carboxylic acids is 1. The van der Waals surface area contributed by atoms with Crippen molar-refractivity contribution in [3.8, 4) is 5.75 Å². The van der Waals surface area contributed by atoms with E-state index in [2.05, 4.69) is 0 Å². The average molecular weight is 264 g/mol. The van der Waals surface area contributed by atoms with Crippen LogP contribution in [0.5, 0.6) is 5.75 Å². The molecule has 0 aliphatic rings. The molecular formula is C15H24N2O2. The first-order valence-electron chi connectivity index (χ1n) is 6.57. The monoisotopic (exact) mass is 264 g/mol. The summed E-state index contributed by atoms with van der Waals surface area (Å²) in [5, 5.41) is 0. The molecule has 0 spiro atoms. The Balaban J connectivity index is 2.77. The highest BCUT2D eigenvalue weighted by molar-refractivity contribution is 5.77. The molecule has 4 nitrogen and oxygen atoms in total. The highest BCUT2D eigenvalue weighted by Gasteiger charge is 2.14. The summed E-state index contributed by atoms with van der Waals surface area (Å²) in [5.74, 6) is 0.660. The van der Waals surface area contributed by atoms with Crippen LogP contribution in [0.25, 0.3) is 0 Å². The van der Waals surface area contributed by atoms with Gasteiger partial charge in [-0.3, -0.25) is 4.79 Å². The third kappa shape index (κ3) is 4.24. The first kappa shape index (κ1) is 15.5. The number of nitrogens with zero attached hydrogens (tertiary/aromatic N) is 1. The summed E-state index contributed by atoms with van der Waals surface area (Å²) < 4.78 is 5.64. The van der Waals surface area contributed by atoms with Crippen LogP contribution < -0.4 is 10.5 Å². The molecule has 1 aromatic rings. The number of hydrogen-bond acceptors (Lipinski definition) is 3. The molecule has 1 atom stereocenters. The van der Waals surface area contributed by atoms with Gasteiger partial charge in [-0.05, 0) is 39.3 Å². The summed E-state index contributed by atoms with van der Waals surface area (Å²) in [7, 11) is 1.78. The second-order valence-electron chi connectivity index (χ2n) is 5.22. The summed E-state index contributed by atoms with van der Waals surface area (Å²) in [5.41, 5.74) is 7.91. The fourth-order valence-electron chi connectivity index (χ4n) is 1.67. The van der Waals surface area contributed by atoms with Gasteiger partial charge in [0.05, 0.1) is 0 Å². The van der Waals surface area contributed by atoms with Crippen molar-refractivity contribution in [2.75, 3.05) is 13.7 Å². The van der Waals surface area contributed by atoms with Gasteiger partial charge in [-0.2, -0.15) is 0 Å². The van der Waals surface area contributed by atoms with Crippen LogP contribution in [0.1, 0.15) is 37.9 Å². The van der Waals surface area contributed by atoms with Gasteiger partial charge in [0, 0.05) is 24.7 Å². The number of benzene rings is 1. The van der Waals surface area contributed by atoms with Gasteiger partial charge in [0.2, 0.25) is 0 Å². The predicted octanol–water partition coefficient (Wildman–Crippen LogP) is 2.26. The van der Waals surface area contributed by atoms with E-state index in [1.54, 1.807) is 11.9 Å². The van der Waals surface area contributed by atoms with Crippen molar-refractivity contribution >= 4 is 5.91 Å². The minimum absolute atomic E-state index is 0.0351. The minimum Gasteiger partial charge on any atom is -0.483 e. The lowest BCUT2D eigenvalue weighted by atomic mass is 10.1. The lowest BCUT2D eigenvalue weighted by Gasteiger charge is -2.22. The van der Waals surface area contributed by atoms with Crippen molar-refractivity contribution in [2.24, 2.45) is 5.73 Å². The molecule has 1 amide bonds. The summed E-state index contributed by atoms with van der Waals surface area (Å²) in [6.07, 6.45) is 0. The van der Waals surface area contributed by atoms with Crippen molar-refractivity contribution in [1.82, 2.24) is 4.90 Å². The van der Waals surface area contributed by atoms with E-state index in [1.165, 1.54) is 0 Å². The Morgan fingerprint density at radius 3 is 2.53 bits per heavy atom. The van der Waals surface area contributed by atoms with Gasteiger partial charge in [-0.1, -0.05) is 12.1 Å². The molecule has 0 heterocycles. The zero-order valence-corrected chi connectivity index (χ0v) is 12.4. The topological polar surface area (TPSA) is 55.6 Å². The number of ether oxygens (including phenoxy) is 1. The number of carbonyl (C=O) groups is 1. The fraction of sp³-hybridized carbons (Fsp3) is 0.533. The largest absolute Gasteiger partial charge is 0.483 e. The molecule has 0 radical (unpaired) electrons. The highest BCUT2D eigenvalue weighted by Crippen LogP contribution is 2.25. The number of hydrogen-bond donors (Lipinski definition) is 1. The van der Waals surface area contributed by atoms with Crippen molar-refractivity contribution < 1.29 is 9.53 Å².